The van der Waals surface area contributed by atoms with E-state index >= 15 is 0 Å². The summed E-state index contributed by atoms with van der Waals surface area (Å²) in [6, 6.07) is 10.2. The first-order valence-corrected chi connectivity index (χ1v) is 11.8. The zero-order valence-electron chi connectivity index (χ0n) is 18.3. The number of nitrogens with zero attached hydrogens (tertiary/aromatic N) is 1. The average molecular weight is 534 g/mol. The SMILES string of the molecule is COC1([C@]2(c3c(Cl)cc(Cl)cc3Cl)NOC=C2C(=O)n2ccc3c(/C=C/C(=O)O)cccc32)CC1. The number of rotatable bonds is 6. The van der Waals surface area contributed by atoms with Crippen LogP contribution in [0.25, 0.3) is 17.0 Å². The van der Waals surface area contributed by atoms with Gasteiger partial charge in [0.15, 0.2) is 0 Å². The maximum atomic E-state index is 14.1. The van der Waals surface area contributed by atoms with Gasteiger partial charge in [-0.15, -0.1) is 5.48 Å². The third kappa shape index (κ3) is 3.66. The highest BCUT2D eigenvalue weighted by Crippen LogP contribution is 2.60. The Bertz CT molecular complexity index is 1420. The van der Waals surface area contributed by atoms with Gasteiger partial charge in [0.2, 0.25) is 0 Å². The molecule has 0 saturated heterocycles. The molecule has 1 aliphatic heterocycles. The molecule has 2 heterocycles. The number of carboxylic acid groups (broad SMARTS) is 1. The van der Waals surface area contributed by atoms with Crippen LogP contribution in [0.5, 0.6) is 0 Å². The topological polar surface area (TPSA) is 89.8 Å². The smallest absolute Gasteiger partial charge is 0.328 e. The average Bonchev–Trinajstić information content (AvgIpc) is 3.30. The van der Waals surface area contributed by atoms with Crippen molar-refractivity contribution in [1.82, 2.24) is 10.0 Å². The number of methoxy groups -OCH3 is 1. The van der Waals surface area contributed by atoms with Crippen molar-refractivity contribution in [2.45, 2.75) is 24.0 Å². The van der Waals surface area contributed by atoms with Gasteiger partial charge in [0, 0.05) is 45.4 Å². The van der Waals surface area contributed by atoms with E-state index in [2.05, 4.69) is 5.48 Å². The van der Waals surface area contributed by atoms with Crippen molar-refractivity contribution in [3.8, 4) is 0 Å². The quantitative estimate of drug-likeness (QED) is 0.387. The number of halogens is 3. The Balaban J connectivity index is 1.67. The molecule has 180 valence electrons. The molecule has 0 bridgehead atoms. The highest BCUT2D eigenvalue weighted by atomic mass is 35.5. The molecule has 3 aromatic rings. The molecule has 5 rings (SSSR count). The van der Waals surface area contributed by atoms with E-state index in [1.165, 1.54) is 16.9 Å². The van der Waals surface area contributed by atoms with Crippen LogP contribution in [0.1, 0.15) is 28.8 Å². The van der Waals surface area contributed by atoms with E-state index in [9.17, 15) is 9.59 Å². The molecule has 1 aromatic heterocycles. The maximum Gasteiger partial charge on any atom is 0.328 e. The molecule has 7 nitrogen and oxygen atoms in total. The van der Waals surface area contributed by atoms with Crippen molar-refractivity contribution in [2.75, 3.05) is 7.11 Å². The van der Waals surface area contributed by atoms with Crippen molar-refractivity contribution in [1.29, 1.82) is 0 Å². The van der Waals surface area contributed by atoms with E-state index in [4.69, 9.17) is 49.5 Å². The Morgan fingerprint density at radius 2 is 1.89 bits per heavy atom. The molecule has 1 aliphatic carbocycles. The number of aromatic nitrogens is 1. The second-order valence-corrected chi connectivity index (χ2v) is 9.64. The third-order valence-electron chi connectivity index (χ3n) is 6.57. The first-order chi connectivity index (χ1) is 16.7. The summed E-state index contributed by atoms with van der Waals surface area (Å²) in [6.07, 6.45) is 6.79. The van der Waals surface area contributed by atoms with Crippen LogP contribution in [0.15, 0.2) is 60.5 Å². The molecular formula is C25H19Cl3N2O5. The van der Waals surface area contributed by atoms with Crippen LogP contribution < -0.4 is 5.48 Å². The van der Waals surface area contributed by atoms with Crippen LogP contribution in [-0.4, -0.2) is 34.3 Å². The Labute approximate surface area is 215 Å². The van der Waals surface area contributed by atoms with E-state index in [1.807, 2.05) is 0 Å². The number of carbonyl (C=O) groups is 2. The van der Waals surface area contributed by atoms with Gasteiger partial charge in [-0.1, -0.05) is 46.9 Å². The predicted octanol–water partition coefficient (Wildman–Crippen LogP) is 5.83. The number of fused-ring (bicyclic) bond motifs is 1. The number of aliphatic carboxylic acids is 1. The normalized spacial score (nSPS) is 20.7. The van der Waals surface area contributed by atoms with Gasteiger partial charge in [-0.25, -0.2) is 4.79 Å². The molecule has 0 amide bonds. The Kier molecular flexibility index (Phi) is 5.94. The maximum absolute atomic E-state index is 14.1. The summed E-state index contributed by atoms with van der Waals surface area (Å²) in [7, 11) is 1.57. The summed E-state index contributed by atoms with van der Waals surface area (Å²) in [5.74, 6) is -1.44. The summed E-state index contributed by atoms with van der Waals surface area (Å²) in [5, 5.41) is 10.6. The van der Waals surface area contributed by atoms with Gasteiger partial charge in [-0.05, 0) is 48.7 Å². The fraction of sp³-hybridized carbons (Fsp3) is 0.200. The van der Waals surface area contributed by atoms with Crippen LogP contribution >= 0.6 is 34.8 Å². The van der Waals surface area contributed by atoms with E-state index in [0.717, 1.165) is 6.08 Å². The van der Waals surface area contributed by atoms with E-state index in [1.54, 1.807) is 49.7 Å². The Morgan fingerprint density at radius 3 is 2.51 bits per heavy atom. The number of benzene rings is 2. The van der Waals surface area contributed by atoms with E-state index in [-0.39, 0.29) is 21.5 Å². The van der Waals surface area contributed by atoms with Crippen LogP contribution in [0, 0.1) is 0 Å². The van der Waals surface area contributed by atoms with Gasteiger partial charge in [-0.3, -0.25) is 9.36 Å². The fourth-order valence-corrected chi connectivity index (χ4v) is 5.93. The van der Waals surface area contributed by atoms with Gasteiger partial charge in [-0.2, -0.15) is 0 Å². The predicted molar refractivity (Wildman–Crippen MR) is 134 cm³/mol. The standard InChI is InChI=1S/C25H19Cl3N2O5/c1-34-24(8-9-24)25(22-18(27)11-15(26)12-19(22)28)17(13-35-29-25)23(33)30-10-7-16-14(5-6-21(31)32)3-2-4-20(16)30/h2-7,10-13,29H,8-9H2,1H3,(H,31,32)/b6-5+/t25-/m0/s1. The number of nitrogens with one attached hydrogen (secondary N) is 1. The lowest BCUT2D eigenvalue weighted by Gasteiger charge is -2.39. The second kappa shape index (κ2) is 8.69. The van der Waals surface area contributed by atoms with Crippen LogP contribution in [-0.2, 0) is 19.9 Å². The minimum absolute atomic E-state index is 0.256. The van der Waals surface area contributed by atoms with E-state index < -0.39 is 17.1 Å². The molecule has 35 heavy (non-hydrogen) atoms. The molecule has 0 radical (unpaired) electrons. The van der Waals surface area contributed by atoms with Crippen molar-refractivity contribution >= 4 is 63.7 Å². The Morgan fingerprint density at radius 1 is 1.17 bits per heavy atom. The lowest BCUT2D eigenvalue weighted by atomic mass is 9.76. The molecule has 2 N–H and O–H groups in total. The minimum Gasteiger partial charge on any atom is -0.478 e. The molecule has 0 spiro atoms. The number of carboxylic acids is 1. The van der Waals surface area contributed by atoms with Crippen LogP contribution in [0.2, 0.25) is 15.1 Å². The summed E-state index contributed by atoms with van der Waals surface area (Å²) in [6.45, 7) is 0. The lowest BCUT2D eigenvalue weighted by Crippen LogP contribution is -2.54. The molecule has 2 aliphatic rings. The van der Waals surface area contributed by atoms with Crippen molar-refractivity contribution in [3.63, 3.8) is 0 Å². The molecular weight excluding hydrogens is 515 g/mol. The van der Waals surface area contributed by atoms with Crippen molar-refractivity contribution in [2.24, 2.45) is 0 Å². The molecule has 1 fully saturated rings. The van der Waals surface area contributed by atoms with Crippen molar-refractivity contribution in [3.05, 3.63) is 86.7 Å². The molecule has 1 saturated carbocycles. The van der Waals surface area contributed by atoms with Gasteiger partial charge < -0.3 is 14.7 Å². The van der Waals surface area contributed by atoms with E-state index in [0.29, 0.717) is 39.9 Å². The molecule has 1 atom stereocenters. The van der Waals surface area contributed by atoms with Crippen LogP contribution in [0.4, 0.5) is 0 Å². The minimum atomic E-state index is -1.30. The summed E-state index contributed by atoms with van der Waals surface area (Å²) < 4.78 is 7.41. The summed E-state index contributed by atoms with van der Waals surface area (Å²) >= 11 is 19.5. The van der Waals surface area contributed by atoms with Gasteiger partial charge in [0.25, 0.3) is 5.91 Å². The van der Waals surface area contributed by atoms with Gasteiger partial charge in [0.05, 0.1) is 16.7 Å². The zero-order valence-corrected chi connectivity index (χ0v) is 20.6. The number of hydrogen-bond donors (Lipinski definition) is 2. The first kappa shape index (κ1) is 23.9. The lowest BCUT2D eigenvalue weighted by molar-refractivity contribution is -0.131. The highest BCUT2D eigenvalue weighted by molar-refractivity contribution is 6.39. The van der Waals surface area contributed by atoms with Crippen LogP contribution in [0.3, 0.4) is 0 Å². The second-order valence-electron chi connectivity index (χ2n) is 8.39. The molecule has 0 unspecified atom stereocenters. The number of hydroxylamine groups is 1. The Hall–Kier alpha value is -2.81. The number of carbonyl (C=O) groups excluding carboxylic acids is 1. The summed E-state index contributed by atoms with van der Waals surface area (Å²) in [5.41, 5.74) is 2.81. The number of hydrogen-bond acceptors (Lipinski definition) is 5. The number of ether oxygens (including phenoxy) is 1. The largest absolute Gasteiger partial charge is 0.478 e. The van der Waals surface area contributed by atoms with Crippen molar-refractivity contribution < 1.29 is 24.3 Å². The molecule has 2 aromatic carbocycles. The van der Waals surface area contributed by atoms with Gasteiger partial charge in [0.1, 0.15) is 11.8 Å². The fourth-order valence-electron chi connectivity index (χ4n) is 4.83. The van der Waals surface area contributed by atoms with Gasteiger partial charge >= 0.3 is 5.97 Å². The molecule has 10 heteroatoms. The summed E-state index contributed by atoms with van der Waals surface area (Å²) in [4.78, 5) is 30.6. The first-order valence-electron chi connectivity index (χ1n) is 10.6. The third-order valence-corrected chi connectivity index (χ3v) is 7.39. The zero-order chi connectivity index (χ0) is 25.0. The monoisotopic (exact) mass is 532 g/mol. The highest BCUT2D eigenvalue weighted by Gasteiger charge is 2.68.